The van der Waals surface area contributed by atoms with Crippen molar-refractivity contribution in [2.24, 2.45) is 0 Å². The van der Waals surface area contributed by atoms with Crippen LogP contribution in [0.1, 0.15) is 52.0 Å². The van der Waals surface area contributed by atoms with Crippen LogP contribution in [-0.4, -0.2) is 36.2 Å². The molecule has 198 valence electrons. The summed E-state index contributed by atoms with van der Waals surface area (Å²) < 4.78 is 21.5. The van der Waals surface area contributed by atoms with E-state index in [1.165, 1.54) is 24.3 Å². The molecule has 0 fully saturated rings. The third-order valence-electron chi connectivity index (χ3n) is 5.47. The van der Waals surface area contributed by atoms with E-state index < -0.39 is 17.9 Å². The first kappa shape index (κ1) is 28.0. The Hall–Kier alpha value is -4.59. The Labute approximate surface area is 221 Å². The van der Waals surface area contributed by atoms with Crippen molar-refractivity contribution in [1.29, 1.82) is 0 Å². The number of aryl methyl sites for hydroxylation is 1. The number of phenolic OH excluding ortho intramolecular Hbond substituents is 1. The van der Waals surface area contributed by atoms with Crippen molar-refractivity contribution >= 4 is 17.9 Å². The number of carbonyl (C=O) groups is 3. The van der Waals surface area contributed by atoms with E-state index >= 15 is 0 Å². The lowest BCUT2D eigenvalue weighted by Gasteiger charge is -2.10. The first-order chi connectivity index (χ1) is 18.4. The van der Waals surface area contributed by atoms with E-state index in [9.17, 15) is 19.5 Å². The lowest BCUT2D eigenvalue weighted by molar-refractivity contribution is -0.137. The number of benzene rings is 3. The second kappa shape index (κ2) is 14.2. The van der Waals surface area contributed by atoms with Crippen molar-refractivity contribution in [3.05, 3.63) is 96.1 Å². The van der Waals surface area contributed by atoms with Gasteiger partial charge in [-0.1, -0.05) is 6.58 Å². The fourth-order valence-electron chi connectivity index (χ4n) is 3.39. The molecule has 0 saturated heterocycles. The summed E-state index contributed by atoms with van der Waals surface area (Å²) in [7, 11) is 0. The number of carbonyl (C=O) groups excluding carboxylic acids is 3. The lowest BCUT2D eigenvalue weighted by atomic mass is 10.2. The van der Waals surface area contributed by atoms with Gasteiger partial charge in [0.15, 0.2) is 0 Å². The minimum atomic E-state index is -0.563. The summed E-state index contributed by atoms with van der Waals surface area (Å²) in [6.07, 6.45) is 4.69. The first-order valence-electron chi connectivity index (χ1n) is 12.2. The molecular weight excluding hydrogens is 488 g/mol. The monoisotopic (exact) mass is 518 g/mol. The molecule has 0 aliphatic carbocycles. The molecule has 0 bridgehead atoms. The van der Waals surface area contributed by atoms with Crippen LogP contribution in [0.25, 0.3) is 0 Å². The number of hydrogen-bond acceptors (Lipinski definition) is 8. The molecule has 0 atom stereocenters. The summed E-state index contributed by atoms with van der Waals surface area (Å²) in [6, 6.07) is 17.1. The van der Waals surface area contributed by atoms with Gasteiger partial charge in [0.05, 0.1) is 24.3 Å². The molecule has 0 saturated carbocycles. The van der Waals surface area contributed by atoms with Crippen molar-refractivity contribution in [2.75, 3.05) is 13.2 Å². The minimum absolute atomic E-state index is 0.0556. The molecule has 8 heteroatoms. The summed E-state index contributed by atoms with van der Waals surface area (Å²) in [5.41, 5.74) is 1.28. The first-order valence-corrected chi connectivity index (χ1v) is 12.2. The zero-order chi connectivity index (χ0) is 27.3. The Bertz CT molecular complexity index is 1250. The molecule has 3 rings (SSSR count). The van der Waals surface area contributed by atoms with Gasteiger partial charge in [-0.2, -0.15) is 0 Å². The average molecular weight is 519 g/mol. The maximum atomic E-state index is 12.6. The van der Waals surface area contributed by atoms with Gasteiger partial charge in [0, 0.05) is 6.08 Å². The average Bonchev–Trinajstić information content (AvgIpc) is 2.92. The maximum Gasteiger partial charge on any atom is 0.343 e. The molecule has 0 heterocycles. The molecule has 0 aliphatic rings. The van der Waals surface area contributed by atoms with Gasteiger partial charge in [0.2, 0.25) is 0 Å². The number of rotatable bonds is 13. The van der Waals surface area contributed by atoms with E-state index in [0.29, 0.717) is 47.2 Å². The molecule has 3 aromatic carbocycles. The van der Waals surface area contributed by atoms with Crippen LogP contribution in [0.4, 0.5) is 0 Å². The largest absolute Gasteiger partial charge is 0.508 e. The van der Waals surface area contributed by atoms with E-state index in [2.05, 4.69) is 6.58 Å². The number of esters is 3. The van der Waals surface area contributed by atoms with Crippen molar-refractivity contribution in [1.82, 2.24) is 0 Å². The normalized spacial score (nSPS) is 10.3. The van der Waals surface area contributed by atoms with Crippen molar-refractivity contribution in [3.63, 3.8) is 0 Å². The number of unbranched alkanes of at least 4 members (excludes halogenated alkanes) is 3. The Morgan fingerprint density at radius 2 is 1.34 bits per heavy atom. The number of aromatic hydroxyl groups is 1. The van der Waals surface area contributed by atoms with Gasteiger partial charge in [0.1, 0.15) is 23.0 Å². The van der Waals surface area contributed by atoms with Crippen LogP contribution in [0.2, 0.25) is 0 Å². The van der Waals surface area contributed by atoms with Crippen LogP contribution in [0.15, 0.2) is 79.4 Å². The van der Waals surface area contributed by atoms with Gasteiger partial charge in [0.25, 0.3) is 0 Å². The topological polar surface area (TPSA) is 108 Å². The fraction of sp³-hybridized carbons (Fsp3) is 0.233. The van der Waals surface area contributed by atoms with Crippen LogP contribution in [0.3, 0.4) is 0 Å². The number of hydrogen-bond donors (Lipinski definition) is 1. The van der Waals surface area contributed by atoms with Crippen LogP contribution >= 0.6 is 0 Å². The van der Waals surface area contributed by atoms with Crippen LogP contribution in [0.5, 0.6) is 23.0 Å². The van der Waals surface area contributed by atoms with E-state index in [-0.39, 0.29) is 5.75 Å². The lowest BCUT2D eigenvalue weighted by Crippen LogP contribution is -2.10. The summed E-state index contributed by atoms with van der Waals surface area (Å²) in [5.74, 6) is -0.137. The molecule has 0 amide bonds. The summed E-state index contributed by atoms with van der Waals surface area (Å²) in [4.78, 5) is 35.8. The highest BCUT2D eigenvalue weighted by atomic mass is 16.5. The molecule has 0 spiro atoms. The molecule has 0 unspecified atom stereocenters. The van der Waals surface area contributed by atoms with E-state index in [4.69, 9.17) is 18.9 Å². The standard InChI is InChI=1S/C30H30O8/c1-3-28(32)36-19-7-5-4-6-18-35-25-14-10-23(11-15-25)29(33)37-26-16-17-27(21(2)20-26)38-30(34)22-8-12-24(31)13-9-22/h3,8-17,20,31H,1,4-7,18-19H2,2H3. The molecule has 1 N–H and O–H groups in total. The zero-order valence-corrected chi connectivity index (χ0v) is 21.2. The third kappa shape index (κ3) is 8.81. The van der Waals surface area contributed by atoms with Gasteiger partial charge in [-0.3, -0.25) is 0 Å². The summed E-state index contributed by atoms with van der Waals surface area (Å²) in [6.45, 7) is 6.02. The highest BCUT2D eigenvalue weighted by molar-refractivity contribution is 5.92. The van der Waals surface area contributed by atoms with Crippen LogP contribution in [0, 0.1) is 6.92 Å². The van der Waals surface area contributed by atoms with Crippen molar-refractivity contribution < 1.29 is 38.4 Å². The highest BCUT2D eigenvalue weighted by Gasteiger charge is 2.13. The molecule has 3 aromatic rings. The van der Waals surface area contributed by atoms with Crippen molar-refractivity contribution in [3.8, 4) is 23.0 Å². The van der Waals surface area contributed by atoms with Gasteiger partial charge < -0.3 is 24.1 Å². The summed E-state index contributed by atoms with van der Waals surface area (Å²) in [5, 5.41) is 9.35. The third-order valence-corrected chi connectivity index (χ3v) is 5.47. The molecule has 0 radical (unpaired) electrons. The van der Waals surface area contributed by atoms with Crippen LogP contribution in [-0.2, 0) is 9.53 Å². The maximum absolute atomic E-state index is 12.6. The number of ether oxygens (including phenoxy) is 4. The Kier molecular flexibility index (Phi) is 10.5. The van der Waals surface area contributed by atoms with E-state index in [1.54, 1.807) is 49.4 Å². The Balaban J connectivity index is 1.42. The minimum Gasteiger partial charge on any atom is -0.508 e. The number of phenols is 1. The van der Waals surface area contributed by atoms with E-state index in [0.717, 1.165) is 31.8 Å². The Morgan fingerprint density at radius 1 is 0.763 bits per heavy atom. The second-order valence-corrected chi connectivity index (χ2v) is 8.41. The van der Waals surface area contributed by atoms with E-state index in [1.807, 2.05) is 0 Å². The smallest absolute Gasteiger partial charge is 0.343 e. The SMILES string of the molecule is C=CC(=O)OCCCCCCOc1ccc(C(=O)Oc2ccc(OC(=O)c3ccc(O)cc3)c(C)c2)cc1. The fourth-order valence-corrected chi connectivity index (χ4v) is 3.39. The molecule has 0 aromatic heterocycles. The van der Waals surface area contributed by atoms with Gasteiger partial charge in [-0.15, -0.1) is 0 Å². The van der Waals surface area contributed by atoms with Gasteiger partial charge in [-0.25, -0.2) is 14.4 Å². The van der Waals surface area contributed by atoms with Gasteiger partial charge in [-0.05, 0) is 105 Å². The van der Waals surface area contributed by atoms with Crippen molar-refractivity contribution in [2.45, 2.75) is 32.6 Å². The second-order valence-electron chi connectivity index (χ2n) is 8.41. The Morgan fingerprint density at radius 3 is 1.97 bits per heavy atom. The quantitative estimate of drug-likeness (QED) is 0.131. The van der Waals surface area contributed by atoms with Crippen LogP contribution < -0.4 is 14.2 Å². The van der Waals surface area contributed by atoms with Gasteiger partial charge >= 0.3 is 17.9 Å². The molecular formula is C30H30O8. The predicted molar refractivity (Wildman–Crippen MR) is 141 cm³/mol. The summed E-state index contributed by atoms with van der Waals surface area (Å²) >= 11 is 0. The molecule has 0 aliphatic heterocycles. The zero-order valence-electron chi connectivity index (χ0n) is 21.2. The molecule has 8 nitrogen and oxygen atoms in total. The molecule has 38 heavy (non-hydrogen) atoms. The highest BCUT2D eigenvalue weighted by Crippen LogP contribution is 2.25. The predicted octanol–water partition coefficient (Wildman–Crippen LogP) is 5.81.